The highest BCUT2D eigenvalue weighted by atomic mass is 32.2. The van der Waals surface area contributed by atoms with Gasteiger partial charge >= 0.3 is 0 Å². The number of methoxy groups -OCH3 is 1. The average molecular weight is 270 g/mol. The summed E-state index contributed by atoms with van der Waals surface area (Å²) in [6, 6.07) is 6.51. The fourth-order valence-corrected chi connectivity index (χ4v) is 3.24. The van der Waals surface area contributed by atoms with E-state index in [1.807, 2.05) is 0 Å². The number of sulfonamides is 1. The van der Waals surface area contributed by atoms with Crippen LogP contribution in [-0.2, 0) is 10.0 Å². The highest BCUT2D eigenvalue weighted by Gasteiger charge is 2.17. The number of nitrogens with zero attached hydrogens (tertiary/aromatic N) is 1. The molecule has 17 heavy (non-hydrogen) atoms. The Labute approximate surface area is 103 Å². The minimum absolute atomic E-state index is 0.184. The fourth-order valence-electron chi connectivity index (χ4n) is 1.23. The first-order valence-corrected chi connectivity index (χ1v) is 7.05. The molecule has 2 aromatic rings. The van der Waals surface area contributed by atoms with Crippen LogP contribution in [0.2, 0.25) is 0 Å². The number of hydrogen-bond acceptors (Lipinski definition) is 5. The summed E-state index contributed by atoms with van der Waals surface area (Å²) in [7, 11) is -2.12. The standard InChI is InChI=1S/C10H10N2O3S2/c1-15-8-4-2-6-11-10(8)12-17(13,14)9-5-3-7-16-9/h2-7H,1H3,(H,11,12). The van der Waals surface area contributed by atoms with E-state index in [1.165, 1.54) is 19.4 Å². The molecule has 0 aliphatic rings. The number of aromatic nitrogens is 1. The zero-order valence-electron chi connectivity index (χ0n) is 8.95. The van der Waals surface area contributed by atoms with Gasteiger partial charge in [-0.05, 0) is 23.6 Å². The van der Waals surface area contributed by atoms with Crippen molar-refractivity contribution in [1.29, 1.82) is 0 Å². The molecule has 0 unspecified atom stereocenters. The van der Waals surface area contributed by atoms with E-state index < -0.39 is 10.0 Å². The predicted octanol–water partition coefficient (Wildman–Crippen LogP) is 1.95. The largest absolute Gasteiger partial charge is 0.493 e. The van der Waals surface area contributed by atoms with E-state index in [0.717, 1.165) is 11.3 Å². The lowest BCUT2D eigenvalue weighted by atomic mass is 10.4. The maximum Gasteiger partial charge on any atom is 0.272 e. The van der Waals surface area contributed by atoms with Gasteiger partial charge in [-0.2, -0.15) is 0 Å². The monoisotopic (exact) mass is 270 g/mol. The van der Waals surface area contributed by atoms with Crippen molar-refractivity contribution in [3.05, 3.63) is 35.8 Å². The molecule has 0 spiro atoms. The summed E-state index contributed by atoms with van der Waals surface area (Å²) in [4.78, 5) is 3.93. The van der Waals surface area contributed by atoms with Crippen molar-refractivity contribution in [1.82, 2.24) is 4.98 Å². The molecule has 0 radical (unpaired) electrons. The van der Waals surface area contributed by atoms with Crippen molar-refractivity contribution < 1.29 is 13.2 Å². The number of rotatable bonds is 4. The van der Waals surface area contributed by atoms with Crippen molar-refractivity contribution in [3.63, 3.8) is 0 Å². The number of hydrogen-bond donors (Lipinski definition) is 1. The lowest BCUT2D eigenvalue weighted by molar-refractivity contribution is 0.415. The van der Waals surface area contributed by atoms with E-state index in [0.29, 0.717) is 5.75 Å². The summed E-state index contributed by atoms with van der Waals surface area (Å²) in [6.07, 6.45) is 1.49. The summed E-state index contributed by atoms with van der Waals surface area (Å²) in [6.45, 7) is 0. The van der Waals surface area contributed by atoms with Crippen LogP contribution in [0.25, 0.3) is 0 Å². The van der Waals surface area contributed by atoms with Crippen molar-refractivity contribution in [2.24, 2.45) is 0 Å². The average Bonchev–Trinajstić information content (AvgIpc) is 2.83. The molecular weight excluding hydrogens is 260 g/mol. The van der Waals surface area contributed by atoms with Gasteiger partial charge in [-0.15, -0.1) is 11.3 Å². The Morgan fingerprint density at radius 2 is 2.18 bits per heavy atom. The van der Waals surface area contributed by atoms with Crippen LogP contribution in [0.15, 0.2) is 40.1 Å². The number of nitrogens with one attached hydrogen (secondary N) is 1. The first-order valence-electron chi connectivity index (χ1n) is 4.69. The third kappa shape index (κ3) is 2.56. The number of ether oxygens (including phenoxy) is 1. The zero-order valence-corrected chi connectivity index (χ0v) is 10.6. The fraction of sp³-hybridized carbons (Fsp3) is 0.100. The Bertz CT molecular complexity index is 594. The normalized spacial score (nSPS) is 11.1. The SMILES string of the molecule is COc1cccnc1NS(=O)(=O)c1cccs1. The summed E-state index contributed by atoms with van der Waals surface area (Å²) in [5, 5.41) is 1.70. The van der Waals surface area contributed by atoms with Gasteiger partial charge < -0.3 is 4.74 Å². The van der Waals surface area contributed by atoms with Crippen LogP contribution in [0, 0.1) is 0 Å². The molecule has 0 saturated heterocycles. The van der Waals surface area contributed by atoms with Crippen LogP contribution in [0.4, 0.5) is 5.82 Å². The Hall–Kier alpha value is -1.60. The van der Waals surface area contributed by atoms with E-state index in [1.54, 1.807) is 23.6 Å². The second kappa shape index (κ2) is 4.72. The van der Waals surface area contributed by atoms with E-state index in [-0.39, 0.29) is 10.0 Å². The quantitative estimate of drug-likeness (QED) is 0.922. The Morgan fingerprint density at radius 3 is 2.82 bits per heavy atom. The molecular formula is C10H10N2O3S2. The molecule has 0 aliphatic carbocycles. The van der Waals surface area contributed by atoms with E-state index in [9.17, 15) is 8.42 Å². The molecule has 7 heteroatoms. The Balaban J connectivity index is 2.33. The van der Waals surface area contributed by atoms with Gasteiger partial charge in [-0.25, -0.2) is 13.4 Å². The van der Waals surface area contributed by atoms with Gasteiger partial charge in [0.15, 0.2) is 11.6 Å². The van der Waals surface area contributed by atoms with Crippen LogP contribution in [0.1, 0.15) is 0 Å². The second-order valence-electron chi connectivity index (χ2n) is 3.09. The molecule has 0 fully saturated rings. The first kappa shape index (κ1) is 11.9. The highest BCUT2D eigenvalue weighted by molar-refractivity contribution is 7.94. The number of anilines is 1. The highest BCUT2D eigenvalue weighted by Crippen LogP contribution is 2.25. The van der Waals surface area contributed by atoms with Crippen molar-refractivity contribution in [3.8, 4) is 5.75 Å². The van der Waals surface area contributed by atoms with E-state index in [2.05, 4.69) is 9.71 Å². The lowest BCUT2D eigenvalue weighted by Gasteiger charge is -2.08. The molecule has 0 amide bonds. The van der Waals surface area contributed by atoms with Crippen LogP contribution < -0.4 is 9.46 Å². The lowest BCUT2D eigenvalue weighted by Crippen LogP contribution is -2.13. The molecule has 0 aliphatic heterocycles. The predicted molar refractivity (Wildman–Crippen MR) is 65.9 cm³/mol. The molecule has 2 aromatic heterocycles. The van der Waals surface area contributed by atoms with Crippen molar-refractivity contribution in [2.75, 3.05) is 11.8 Å². The van der Waals surface area contributed by atoms with Crippen LogP contribution >= 0.6 is 11.3 Å². The Kier molecular flexibility index (Phi) is 3.30. The Morgan fingerprint density at radius 1 is 1.35 bits per heavy atom. The van der Waals surface area contributed by atoms with Gasteiger partial charge in [0.05, 0.1) is 7.11 Å². The third-order valence-corrected chi connectivity index (χ3v) is 4.72. The molecule has 2 rings (SSSR count). The minimum atomic E-state index is -3.58. The maximum absolute atomic E-state index is 11.9. The molecule has 0 atom stereocenters. The summed E-state index contributed by atoms with van der Waals surface area (Å²) in [5.74, 6) is 0.566. The van der Waals surface area contributed by atoms with Crippen molar-refractivity contribution in [2.45, 2.75) is 4.21 Å². The molecule has 1 N–H and O–H groups in total. The van der Waals surface area contributed by atoms with Crippen molar-refractivity contribution >= 4 is 27.2 Å². The first-order chi connectivity index (χ1) is 8.13. The van der Waals surface area contributed by atoms with Gasteiger partial charge in [0.25, 0.3) is 10.0 Å². The van der Waals surface area contributed by atoms with Gasteiger partial charge in [0, 0.05) is 6.20 Å². The number of thiophene rings is 1. The molecule has 0 bridgehead atoms. The van der Waals surface area contributed by atoms with Gasteiger partial charge in [-0.1, -0.05) is 6.07 Å². The molecule has 5 nitrogen and oxygen atoms in total. The van der Waals surface area contributed by atoms with Gasteiger partial charge in [-0.3, -0.25) is 4.72 Å². The summed E-state index contributed by atoms with van der Waals surface area (Å²) in [5.41, 5.74) is 0. The van der Waals surface area contributed by atoms with Crippen LogP contribution in [0.5, 0.6) is 5.75 Å². The van der Waals surface area contributed by atoms with Gasteiger partial charge in [0.1, 0.15) is 4.21 Å². The summed E-state index contributed by atoms with van der Waals surface area (Å²) >= 11 is 1.14. The van der Waals surface area contributed by atoms with Gasteiger partial charge in [0.2, 0.25) is 0 Å². The number of pyridine rings is 1. The smallest absolute Gasteiger partial charge is 0.272 e. The molecule has 0 saturated carbocycles. The van der Waals surface area contributed by atoms with Crippen LogP contribution in [0.3, 0.4) is 0 Å². The van der Waals surface area contributed by atoms with E-state index >= 15 is 0 Å². The zero-order chi connectivity index (χ0) is 12.3. The van der Waals surface area contributed by atoms with E-state index in [4.69, 9.17) is 4.74 Å². The third-order valence-electron chi connectivity index (χ3n) is 1.98. The molecule has 2 heterocycles. The molecule has 90 valence electrons. The molecule has 0 aromatic carbocycles. The minimum Gasteiger partial charge on any atom is -0.493 e. The maximum atomic E-state index is 11.9. The topological polar surface area (TPSA) is 68.3 Å². The van der Waals surface area contributed by atoms with Crippen LogP contribution in [-0.4, -0.2) is 20.5 Å². The summed E-state index contributed by atoms with van der Waals surface area (Å²) < 4.78 is 31.5. The second-order valence-corrected chi connectivity index (χ2v) is 5.95.